The third kappa shape index (κ3) is 5.15. The fourth-order valence-electron chi connectivity index (χ4n) is 4.97. The molecule has 0 bridgehead atoms. The molecule has 5 nitrogen and oxygen atoms in total. The minimum absolute atomic E-state index is 0.235. The van der Waals surface area contributed by atoms with E-state index in [1.165, 1.54) is 5.56 Å². The number of carbonyl (C=O) groups excluding carboxylic acids is 1. The van der Waals surface area contributed by atoms with Crippen molar-refractivity contribution in [3.05, 3.63) is 102 Å². The Labute approximate surface area is 196 Å². The van der Waals surface area contributed by atoms with Crippen LogP contribution in [-0.2, 0) is 21.6 Å². The number of hydrogen-bond donors (Lipinski definition) is 1. The number of aryl methyl sites for hydroxylation is 1. The zero-order valence-electron chi connectivity index (χ0n) is 19.3. The minimum Gasteiger partial charge on any atom is -0.457 e. The number of benzene rings is 2. The van der Waals surface area contributed by atoms with Gasteiger partial charge < -0.3 is 14.3 Å². The third-order valence-electron chi connectivity index (χ3n) is 7.03. The summed E-state index contributed by atoms with van der Waals surface area (Å²) in [5.74, 6) is -0.617. The molecule has 4 rings (SSSR count). The molecule has 1 aromatic heterocycles. The number of rotatable bonds is 9. The van der Waals surface area contributed by atoms with Crippen molar-refractivity contribution in [2.24, 2.45) is 0 Å². The summed E-state index contributed by atoms with van der Waals surface area (Å²) in [5.41, 5.74) is 0.454. The smallest absolute Gasteiger partial charge is 0.347 e. The number of aromatic nitrogens is 1. The first-order chi connectivity index (χ1) is 16.0. The fourth-order valence-corrected chi connectivity index (χ4v) is 4.97. The van der Waals surface area contributed by atoms with Crippen molar-refractivity contribution in [3.63, 3.8) is 0 Å². The number of pyridine rings is 1. The number of likely N-dealkylation sites (tertiary alicyclic amines) is 1. The zero-order valence-corrected chi connectivity index (χ0v) is 19.3. The third-order valence-corrected chi connectivity index (χ3v) is 7.03. The highest BCUT2D eigenvalue weighted by Crippen LogP contribution is 2.32. The molecule has 2 heterocycles. The van der Waals surface area contributed by atoms with E-state index in [-0.39, 0.29) is 6.04 Å². The number of hydrogen-bond acceptors (Lipinski definition) is 4. The van der Waals surface area contributed by atoms with Crippen LogP contribution in [0.15, 0.2) is 85.2 Å². The summed E-state index contributed by atoms with van der Waals surface area (Å²) in [5, 5.41) is 11.6. The molecule has 1 saturated heterocycles. The highest BCUT2D eigenvalue weighted by atomic mass is 16.6. The molecular weight excluding hydrogens is 412 g/mol. The van der Waals surface area contributed by atoms with E-state index in [4.69, 9.17) is 4.74 Å². The number of carbonyl (C=O) groups is 1. The predicted octanol–water partition coefficient (Wildman–Crippen LogP) is 4.10. The zero-order chi connectivity index (χ0) is 23.2. The van der Waals surface area contributed by atoms with E-state index < -0.39 is 11.6 Å². The molecule has 0 amide bonds. The Bertz CT molecular complexity index is 987. The normalized spacial score (nSPS) is 20.5. The standard InChI is InChI=1S/C28H33N2O3/c1-30(19-9-12-23-11-8-18-29-21-23)20-10-17-26(30)22-33-27(31)28(32,24-13-4-2-5-14-24)25-15-6-3-7-16-25/h2-8,11,13-16,18,21,26,32H,9-10,12,17,19-20,22H2,1H3/q+1/t26?,30-/m1/s1. The minimum atomic E-state index is -1.83. The average molecular weight is 446 g/mol. The van der Waals surface area contributed by atoms with Gasteiger partial charge in [0.15, 0.2) is 0 Å². The lowest BCUT2D eigenvalue weighted by Gasteiger charge is -2.36. The van der Waals surface area contributed by atoms with Gasteiger partial charge in [0, 0.05) is 31.7 Å². The van der Waals surface area contributed by atoms with Crippen LogP contribution in [0.4, 0.5) is 0 Å². The second kappa shape index (κ2) is 10.3. The topological polar surface area (TPSA) is 59.4 Å². The molecule has 0 aliphatic carbocycles. The summed E-state index contributed by atoms with van der Waals surface area (Å²) >= 11 is 0. The van der Waals surface area contributed by atoms with Gasteiger partial charge in [-0.05, 0) is 29.2 Å². The Morgan fingerprint density at radius 3 is 2.33 bits per heavy atom. The maximum absolute atomic E-state index is 13.3. The largest absolute Gasteiger partial charge is 0.457 e. The van der Waals surface area contributed by atoms with Gasteiger partial charge in [0.25, 0.3) is 0 Å². The highest BCUT2D eigenvalue weighted by Gasteiger charge is 2.44. The van der Waals surface area contributed by atoms with Crippen LogP contribution >= 0.6 is 0 Å². The fraction of sp³-hybridized carbons (Fsp3) is 0.357. The second-order valence-corrected chi connectivity index (χ2v) is 9.23. The molecule has 1 aliphatic heterocycles. The van der Waals surface area contributed by atoms with E-state index in [9.17, 15) is 9.90 Å². The van der Waals surface area contributed by atoms with Crippen LogP contribution in [0.2, 0.25) is 0 Å². The first kappa shape index (κ1) is 23.1. The highest BCUT2D eigenvalue weighted by molar-refractivity contribution is 5.85. The van der Waals surface area contributed by atoms with Gasteiger partial charge in [-0.15, -0.1) is 0 Å². The number of likely N-dealkylation sites (N-methyl/N-ethyl adjacent to an activating group) is 1. The van der Waals surface area contributed by atoms with E-state index in [1.807, 2.05) is 48.7 Å². The maximum atomic E-state index is 13.3. The van der Waals surface area contributed by atoms with Crippen LogP contribution in [0.3, 0.4) is 0 Å². The molecule has 3 aromatic rings. The SMILES string of the molecule is C[N@@+]1(CCCc2cccnc2)CCCC1COC(=O)C(O)(c1ccccc1)c1ccccc1. The van der Waals surface area contributed by atoms with E-state index in [0.29, 0.717) is 17.7 Å². The number of nitrogens with zero attached hydrogens (tertiary/aromatic N) is 2. The molecule has 1 N–H and O–H groups in total. The quantitative estimate of drug-likeness (QED) is 0.398. The lowest BCUT2D eigenvalue weighted by Crippen LogP contribution is -2.51. The summed E-state index contributed by atoms with van der Waals surface area (Å²) < 4.78 is 6.74. The predicted molar refractivity (Wildman–Crippen MR) is 128 cm³/mol. The van der Waals surface area contributed by atoms with Gasteiger partial charge in [-0.1, -0.05) is 66.7 Å². The summed E-state index contributed by atoms with van der Waals surface area (Å²) in [6.45, 7) is 2.42. The molecule has 1 aliphatic rings. The van der Waals surface area contributed by atoms with E-state index >= 15 is 0 Å². The Kier molecular flexibility index (Phi) is 7.21. The molecule has 2 atom stereocenters. The van der Waals surface area contributed by atoms with Crippen molar-refractivity contribution >= 4 is 5.97 Å². The maximum Gasteiger partial charge on any atom is 0.347 e. The van der Waals surface area contributed by atoms with Gasteiger partial charge in [0.05, 0.1) is 20.1 Å². The molecule has 172 valence electrons. The summed E-state index contributed by atoms with van der Waals surface area (Å²) in [4.78, 5) is 17.5. The molecule has 1 fully saturated rings. The first-order valence-corrected chi connectivity index (χ1v) is 11.8. The van der Waals surface area contributed by atoms with Gasteiger partial charge in [-0.25, -0.2) is 4.79 Å². The Morgan fingerprint density at radius 1 is 1.06 bits per heavy atom. The van der Waals surface area contributed by atoms with Crippen molar-refractivity contribution in [1.29, 1.82) is 0 Å². The lowest BCUT2D eigenvalue weighted by atomic mass is 9.86. The summed E-state index contributed by atoms with van der Waals surface area (Å²) in [6.07, 6.45) is 7.92. The van der Waals surface area contributed by atoms with Gasteiger partial charge in [-0.2, -0.15) is 0 Å². The van der Waals surface area contributed by atoms with Crippen LogP contribution in [0.25, 0.3) is 0 Å². The molecule has 0 saturated carbocycles. The number of aliphatic hydroxyl groups is 1. The van der Waals surface area contributed by atoms with Crippen LogP contribution in [0.1, 0.15) is 36.0 Å². The number of esters is 1. The van der Waals surface area contributed by atoms with Crippen LogP contribution in [-0.4, -0.2) is 53.3 Å². The van der Waals surface area contributed by atoms with Crippen molar-refractivity contribution in [3.8, 4) is 0 Å². The Balaban J connectivity index is 1.43. The van der Waals surface area contributed by atoms with E-state index in [1.54, 1.807) is 30.5 Å². The molecule has 2 aromatic carbocycles. The van der Waals surface area contributed by atoms with E-state index in [2.05, 4.69) is 18.1 Å². The van der Waals surface area contributed by atoms with Gasteiger partial charge in [0.1, 0.15) is 12.6 Å². The lowest BCUT2D eigenvalue weighted by molar-refractivity contribution is -0.921. The first-order valence-electron chi connectivity index (χ1n) is 11.8. The van der Waals surface area contributed by atoms with Crippen LogP contribution < -0.4 is 0 Å². The molecule has 0 radical (unpaired) electrons. The average Bonchev–Trinajstić information content (AvgIpc) is 3.23. The van der Waals surface area contributed by atoms with Crippen molar-refractivity contribution in [1.82, 2.24) is 4.98 Å². The van der Waals surface area contributed by atoms with Crippen LogP contribution in [0.5, 0.6) is 0 Å². The molecule has 5 heteroatoms. The molecule has 33 heavy (non-hydrogen) atoms. The van der Waals surface area contributed by atoms with Gasteiger partial charge in [-0.3, -0.25) is 4.98 Å². The summed E-state index contributed by atoms with van der Waals surface area (Å²) in [7, 11) is 2.26. The van der Waals surface area contributed by atoms with Gasteiger partial charge >= 0.3 is 5.97 Å². The number of ether oxygens (including phenoxy) is 1. The number of quaternary nitrogens is 1. The van der Waals surface area contributed by atoms with Gasteiger partial charge in [0.2, 0.25) is 5.60 Å². The molecule has 0 spiro atoms. The molecular formula is C28H33N2O3+. The van der Waals surface area contributed by atoms with Crippen molar-refractivity contribution in [2.75, 3.05) is 26.7 Å². The van der Waals surface area contributed by atoms with E-state index in [0.717, 1.165) is 43.3 Å². The van der Waals surface area contributed by atoms with Crippen LogP contribution in [0, 0.1) is 0 Å². The Morgan fingerprint density at radius 2 is 1.73 bits per heavy atom. The monoisotopic (exact) mass is 445 g/mol. The molecule has 1 unspecified atom stereocenters. The van der Waals surface area contributed by atoms with Crippen molar-refractivity contribution in [2.45, 2.75) is 37.3 Å². The Hall–Kier alpha value is -3.02. The van der Waals surface area contributed by atoms with Crippen molar-refractivity contribution < 1.29 is 19.1 Å². The second-order valence-electron chi connectivity index (χ2n) is 9.23. The summed E-state index contributed by atoms with van der Waals surface area (Å²) in [6, 6.07) is 22.4.